The van der Waals surface area contributed by atoms with Crippen molar-refractivity contribution in [1.82, 2.24) is 9.80 Å². The molecular formula is C15H29N3O2. The lowest BCUT2D eigenvalue weighted by molar-refractivity contribution is -0.137. The quantitative estimate of drug-likeness (QED) is 0.806. The van der Waals surface area contributed by atoms with Gasteiger partial charge in [-0.2, -0.15) is 0 Å². The molecule has 116 valence electrons. The largest absolute Gasteiger partial charge is 0.378 e. The maximum absolute atomic E-state index is 12.4. The van der Waals surface area contributed by atoms with E-state index < -0.39 is 0 Å². The lowest BCUT2D eigenvalue weighted by atomic mass is 10.0. The molecule has 3 unspecified atom stereocenters. The first-order valence-electron chi connectivity index (χ1n) is 8.00. The molecule has 2 fully saturated rings. The van der Waals surface area contributed by atoms with Crippen LogP contribution in [-0.2, 0) is 9.53 Å². The number of nitrogens with zero attached hydrogens (tertiary/aromatic N) is 2. The van der Waals surface area contributed by atoms with Crippen molar-refractivity contribution in [1.29, 1.82) is 0 Å². The molecule has 2 rings (SSSR count). The molecule has 20 heavy (non-hydrogen) atoms. The van der Waals surface area contributed by atoms with Crippen LogP contribution in [0.25, 0.3) is 0 Å². The average molecular weight is 283 g/mol. The smallest absolute Gasteiger partial charge is 0.228 e. The Hall–Kier alpha value is -0.650. The molecule has 2 heterocycles. The summed E-state index contributed by atoms with van der Waals surface area (Å²) in [6.07, 6.45) is 3.42. The zero-order valence-corrected chi connectivity index (χ0v) is 12.9. The Balaban J connectivity index is 1.80. The minimum absolute atomic E-state index is 0.0810. The highest BCUT2D eigenvalue weighted by atomic mass is 16.5. The Morgan fingerprint density at radius 2 is 2.05 bits per heavy atom. The number of hydrogen-bond donors (Lipinski definition) is 1. The summed E-state index contributed by atoms with van der Waals surface area (Å²) in [5, 5.41) is 0. The maximum atomic E-state index is 12.4. The Bertz CT molecular complexity index is 316. The molecule has 1 amide bonds. The fourth-order valence-corrected chi connectivity index (χ4v) is 3.34. The maximum Gasteiger partial charge on any atom is 0.228 e. The number of carbonyl (C=O) groups excluding carboxylic acids is 1. The summed E-state index contributed by atoms with van der Waals surface area (Å²) in [6, 6.07) is 0.479. The van der Waals surface area contributed by atoms with Crippen LogP contribution in [0.5, 0.6) is 0 Å². The molecule has 3 atom stereocenters. The van der Waals surface area contributed by atoms with Gasteiger partial charge in [-0.1, -0.05) is 13.3 Å². The standard InChI is InChI=1S/C15H29N3O2/c1-3-4-14(10-16)17-5-7-18(8-6-17)15(19)13-9-12(2)20-11-13/h12-14H,3-11,16H2,1-2H3. The van der Waals surface area contributed by atoms with Crippen molar-refractivity contribution in [3.05, 3.63) is 0 Å². The fourth-order valence-electron chi connectivity index (χ4n) is 3.34. The van der Waals surface area contributed by atoms with Crippen molar-refractivity contribution in [3.63, 3.8) is 0 Å². The number of piperazine rings is 1. The van der Waals surface area contributed by atoms with E-state index in [4.69, 9.17) is 10.5 Å². The average Bonchev–Trinajstić information content (AvgIpc) is 2.91. The molecule has 2 aliphatic heterocycles. The number of nitrogens with two attached hydrogens (primary N) is 1. The Labute approximate surface area is 122 Å². The van der Waals surface area contributed by atoms with Gasteiger partial charge in [0.15, 0.2) is 0 Å². The molecule has 2 N–H and O–H groups in total. The number of carbonyl (C=O) groups is 1. The molecule has 5 nitrogen and oxygen atoms in total. The van der Waals surface area contributed by atoms with Crippen molar-refractivity contribution < 1.29 is 9.53 Å². The fraction of sp³-hybridized carbons (Fsp3) is 0.933. The van der Waals surface area contributed by atoms with Crippen LogP contribution in [0.2, 0.25) is 0 Å². The minimum atomic E-state index is 0.0810. The molecule has 0 saturated carbocycles. The highest BCUT2D eigenvalue weighted by Gasteiger charge is 2.33. The third-order valence-corrected chi connectivity index (χ3v) is 4.58. The third-order valence-electron chi connectivity index (χ3n) is 4.58. The molecule has 0 bridgehead atoms. The molecule has 0 aromatic carbocycles. The first-order valence-corrected chi connectivity index (χ1v) is 8.00. The number of rotatable bonds is 5. The van der Waals surface area contributed by atoms with Crippen LogP contribution in [0.1, 0.15) is 33.1 Å². The van der Waals surface area contributed by atoms with E-state index in [1.807, 2.05) is 11.8 Å². The van der Waals surface area contributed by atoms with Gasteiger partial charge >= 0.3 is 0 Å². The predicted molar refractivity (Wildman–Crippen MR) is 79.4 cm³/mol. The lowest BCUT2D eigenvalue weighted by Gasteiger charge is -2.39. The van der Waals surface area contributed by atoms with Crippen molar-refractivity contribution >= 4 is 5.91 Å². The Kier molecular flexibility index (Phi) is 5.81. The van der Waals surface area contributed by atoms with Gasteiger partial charge < -0.3 is 15.4 Å². The minimum Gasteiger partial charge on any atom is -0.378 e. The van der Waals surface area contributed by atoms with Gasteiger partial charge in [0.05, 0.1) is 18.6 Å². The molecule has 5 heteroatoms. The van der Waals surface area contributed by atoms with E-state index in [1.54, 1.807) is 0 Å². The Morgan fingerprint density at radius 1 is 1.35 bits per heavy atom. The predicted octanol–water partition coefficient (Wildman–Crippen LogP) is 0.683. The van der Waals surface area contributed by atoms with E-state index in [-0.39, 0.29) is 17.9 Å². The third kappa shape index (κ3) is 3.71. The molecule has 0 aromatic heterocycles. The summed E-state index contributed by atoms with van der Waals surface area (Å²) in [5.74, 6) is 0.367. The number of hydrogen-bond acceptors (Lipinski definition) is 4. The van der Waals surface area contributed by atoms with E-state index in [9.17, 15) is 4.79 Å². The van der Waals surface area contributed by atoms with Crippen LogP contribution in [0.4, 0.5) is 0 Å². The molecule has 0 radical (unpaired) electrons. The number of amides is 1. The van der Waals surface area contributed by atoms with Gasteiger partial charge in [-0.05, 0) is 19.8 Å². The highest BCUT2D eigenvalue weighted by molar-refractivity contribution is 5.79. The van der Waals surface area contributed by atoms with Gasteiger partial charge in [-0.3, -0.25) is 9.69 Å². The molecule has 0 spiro atoms. The van der Waals surface area contributed by atoms with Crippen molar-refractivity contribution in [2.24, 2.45) is 11.7 Å². The summed E-state index contributed by atoms with van der Waals surface area (Å²) >= 11 is 0. The zero-order chi connectivity index (χ0) is 14.5. The lowest BCUT2D eigenvalue weighted by Crippen LogP contribution is -2.54. The van der Waals surface area contributed by atoms with E-state index >= 15 is 0 Å². The molecule has 2 saturated heterocycles. The van der Waals surface area contributed by atoms with E-state index in [0.29, 0.717) is 12.6 Å². The normalized spacial score (nSPS) is 29.6. The van der Waals surface area contributed by atoms with E-state index in [2.05, 4.69) is 11.8 Å². The van der Waals surface area contributed by atoms with Gasteiger partial charge in [0.25, 0.3) is 0 Å². The van der Waals surface area contributed by atoms with Crippen LogP contribution in [0.3, 0.4) is 0 Å². The van der Waals surface area contributed by atoms with Crippen molar-refractivity contribution in [2.45, 2.75) is 45.3 Å². The van der Waals surface area contributed by atoms with Gasteiger partial charge in [0.2, 0.25) is 5.91 Å². The van der Waals surface area contributed by atoms with Crippen LogP contribution in [0, 0.1) is 5.92 Å². The van der Waals surface area contributed by atoms with E-state index in [0.717, 1.165) is 52.0 Å². The van der Waals surface area contributed by atoms with Crippen LogP contribution < -0.4 is 5.73 Å². The van der Waals surface area contributed by atoms with Crippen molar-refractivity contribution in [2.75, 3.05) is 39.3 Å². The second-order valence-electron chi connectivity index (χ2n) is 6.12. The highest BCUT2D eigenvalue weighted by Crippen LogP contribution is 2.22. The summed E-state index contributed by atoms with van der Waals surface area (Å²) in [6.45, 7) is 9.14. The van der Waals surface area contributed by atoms with Gasteiger partial charge in [-0.15, -0.1) is 0 Å². The van der Waals surface area contributed by atoms with E-state index in [1.165, 1.54) is 0 Å². The van der Waals surface area contributed by atoms with Crippen LogP contribution in [0.15, 0.2) is 0 Å². The molecular weight excluding hydrogens is 254 g/mol. The van der Waals surface area contributed by atoms with Crippen LogP contribution in [-0.4, -0.2) is 67.2 Å². The summed E-state index contributed by atoms with van der Waals surface area (Å²) in [7, 11) is 0. The summed E-state index contributed by atoms with van der Waals surface area (Å²) in [4.78, 5) is 16.9. The van der Waals surface area contributed by atoms with Gasteiger partial charge in [0.1, 0.15) is 0 Å². The number of ether oxygens (including phenoxy) is 1. The molecule has 2 aliphatic rings. The second-order valence-corrected chi connectivity index (χ2v) is 6.12. The summed E-state index contributed by atoms with van der Waals surface area (Å²) < 4.78 is 5.51. The van der Waals surface area contributed by atoms with Gasteiger partial charge in [0, 0.05) is 38.8 Å². The summed E-state index contributed by atoms with van der Waals surface area (Å²) in [5.41, 5.74) is 5.86. The monoisotopic (exact) mass is 283 g/mol. The molecule has 0 aromatic rings. The van der Waals surface area contributed by atoms with Crippen molar-refractivity contribution in [3.8, 4) is 0 Å². The first kappa shape index (κ1) is 15.7. The second kappa shape index (κ2) is 7.38. The molecule has 0 aliphatic carbocycles. The van der Waals surface area contributed by atoms with Crippen LogP contribution >= 0.6 is 0 Å². The topological polar surface area (TPSA) is 58.8 Å². The first-order chi connectivity index (χ1) is 9.65. The Morgan fingerprint density at radius 3 is 2.55 bits per heavy atom. The zero-order valence-electron chi connectivity index (χ0n) is 12.9. The van der Waals surface area contributed by atoms with Gasteiger partial charge in [-0.25, -0.2) is 0 Å². The SMILES string of the molecule is CCCC(CN)N1CCN(C(=O)C2COC(C)C2)CC1.